The van der Waals surface area contributed by atoms with Crippen molar-refractivity contribution in [3.05, 3.63) is 71.8 Å². The number of amides is 1. The van der Waals surface area contributed by atoms with Gasteiger partial charge in [0.2, 0.25) is 5.91 Å². The SMILES string of the molecule is O=C(O)C1CN(C(=O)COCCc2ccccc2)CC1c1ccccc1. The molecule has 136 valence electrons. The Balaban J connectivity index is 1.52. The zero-order valence-corrected chi connectivity index (χ0v) is 14.6. The van der Waals surface area contributed by atoms with E-state index in [2.05, 4.69) is 0 Å². The van der Waals surface area contributed by atoms with Crippen LogP contribution in [0.3, 0.4) is 0 Å². The van der Waals surface area contributed by atoms with Crippen molar-refractivity contribution in [3.8, 4) is 0 Å². The molecule has 2 unspecified atom stereocenters. The molecular weight excluding hydrogens is 330 g/mol. The Morgan fingerprint density at radius 2 is 1.65 bits per heavy atom. The number of carbonyl (C=O) groups excluding carboxylic acids is 1. The summed E-state index contributed by atoms with van der Waals surface area (Å²) in [5.74, 6) is -1.77. The first-order valence-electron chi connectivity index (χ1n) is 8.82. The summed E-state index contributed by atoms with van der Waals surface area (Å²) in [6, 6.07) is 19.5. The highest BCUT2D eigenvalue weighted by molar-refractivity contribution is 5.80. The first kappa shape index (κ1) is 18.1. The van der Waals surface area contributed by atoms with E-state index in [0.29, 0.717) is 13.2 Å². The van der Waals surface area contributed by atoms with Crippen LogP contribution in [-0.2, 0) is 20.7 Å². The van der Waals surface area contributed by atoms with Gasteiger partial charge in [-0.15, -0.1) is 0 Å². The van der Waals surface area contributed by atoms with Gasteiger partial charge < -0.3 is 14.7 Å². The molecular formula is C21H23NO4. The third-order valence-electron chi connectivity index (χ3n) is 4.82. The predicted octanol–water partition coefficient (Wildman–Crippen LogP) is 2.57. The molecule has 0 aliphatic carbocycles. The lowest BCUT2D eigenvalue weighted by molar-refractivity contribution is -0.142. The summed E-state index contributed by atoms with van der Waals surface area (Å²) in [6.07, 6.45) is 0.749. The van der Waals surface area contributed by atoms with Gasteiger partial charge in [0.05, 0.1) is 12.5 Å². The molecule has 3 rings (SSSR count). The van der Waals surface area contributed by atoms with Crippen LogP contribution in [-0.4, -0.2) is 48.2 Å². The minimum Gasteiger partial charge on any atom is -0.481 e. The highest BCUT2D eigenvalue weighted by Crippen LogP contribution is 2.32. The van der Waals surface area contributed by atoms with E-state index in [1.54, 1.807) is 4.90 Å². The van der Waals surface area contributed by atoms with Crippen LogP contribution >= 0.6 is 0 Å². The van der Waals surface area contributed by atoms with Crippen LogP contribution in [0, 0.1) is 5.92 Å². The van der Waals surface area contributed by atoms with Crippen molar-refractivity contribution >= 4 is 11.9 Å². The average Bonchev–Trinajstić information content (AvgIpc) is 3.12. The maximum atomic E-state index is 12.4. The monoisotopic (exact) mass is 353 g/mol. The van der Waals surface area contributed by atoms with Gasteiger partial charge in [0.25, 0.3) is 0 Å². The van der Waals surface area contributed by atoms with Crippen LogP contribution in [0.5, 0.6) is 0 Å². The smallest absolute Gasteiger partial charge is 0.308 e. The Labute approximate surface area is 153 Å². The van der Waals surface area contributed by atoms with E-state index in [1.807, 2.05) is 60.7 Å². The van der Waals surface area contributed by atoms with E-state index in [9.17, 15) is 14.7 Å². The summed E-state index contributed by atoms with van der Waals surface area (Å²) in [6.45, 7) is 1.10. The van der Waals surface area contributed by atoms with Crippen LogP contribution in [0.1, 0.15) is 17.0 Å². The molecule has 2 aromatic rings. The fourth-order valence-electron chi connectivity index (χ4n) is 3.38. The molecule has 0 saturated carbocycles. The molecule has 26 heavy (non-hydrogen) atoms. The van der Waals surface area contributed by atoms with Gasteiger partial charge in [-0.25, -0.2) is 0 Å². The molecule has 0 bridgehead atoms. The third kappa shape index (κ3) is 4.49. The van der Waals surface area contributed by atoms with Gasteiger partial charge in [-0.2, -0.15) is 0 Å². The van der Waals surface area contributed by atoms with Crippen molar-refractivity contribution in [3.63, 3.8) is 0 Å². The van der Waals surface area contributed by atoms with Crippen molar-refractivity contribution < 1.29 is 19.4 Å². The zero-order valence-electron chi connectivity index (χ0n) is 14.6. The van der Waals surface area contributed by atoms with E-state index in [1.165, 1.54) is 0 Å². The fraction of sp³-hybridized carbons (Fsp3) is 0.333. The molecule has 5 nitrogen and oxygen atoms in total. The number of hydrogen-bond acceptors (Lipinski definition) is 3. The molecule has 5 heteroatoms. The lowest BCUT2D eigenvalue weighted by Gasteiger charge is -2.16. The Kier molecular flexibility index (Phi) is 6.02. The number of ether oxygens (including phenoxy) is 1. The average molecular weight is 353 g/mol. The molecule has 1 fully saturated rings. The van der Waals surface area contributed by atoms with Crippen LogP contribution in [0.4, 0.5) is 0 Å². The number of benzene rings is 2. The molecule has 2 aromatic carbocycles. The Morgan fingerprint density at radius 1 is 1.00 bits per heavy atom. The second-order valence-corrected chi connectivity index (χ2v) is 6.55. The Hall–Kier alpha value is -2.66. The Bertz CT molecular complexity index is 732. The number of nitrogens with zero attached hydrogens (tertiary/aromatic N) is 1. The number of aliphatic carboxylic acids is 1. The summed E-state index contributed by atoms with van der Waals surface area (Å²) in [4.78, 5) is 25.6. The third-order valence-corrected chi connectivity index (χ3v) is 4.82. The maximum Gasteiger partial charge on any atom is 0.308 e. The van der Waals surface area contributed by atoms with Gasteiger partial charge in [0.15, 0.2) is 0 Å². The summed E-state index contributed by atoms with van der Waals surface area (Å²) in [5.41, 5.74) is 2.12. The lowest BCUT2D eigenvalue weighted by atomic mass is 9.89. The van der Waals surface area contributed by atoms with Crippen molar-refractivity contribution in [2.45, 2.75) is 12.3 Å². The van der Waals surface area contributed by atoms with Crippen molar-refractivity contribution in [1.82, 2.24) is 4.90 Å². The standard InChI is InChI=1S/C21H23NO4/c23-20(15-26-12-11-16-7-3-1-4-8-16)22-13-18(19(14-22)21(24)25)17-9-5-2-6-10-17/h1-10,18-19H,11-15H2,(H,24,25). The highest BCUT2D eigenvalue weighted by atomic mass is 16.5. The van der Waals surface area contributed by atoms with Gasteiger partial charge >= 0.3 is 5.97 Å². The number of likely N-dealkylation sites (tertiary alicyclic amines) is 1. The normalized spacial score (nSPS) is 19.5. The Morgan fingerprint density at radius 3 is 2.31 bits per heavy atom. The second kappa shape index (κ2) is 8.63. The first-order chi connectivity index (χ1) is 12.6. The van der Waals surface area contributed by atoms with Gasteiger partial charge in [-0.1, -0.05) is 60.7 Å². The molecule has 0 aromatic heterocycles. The van der Waals surface area contributed by atoms with Crippen molar-refractivity contribution in [2.75, 3.05) is 26.3 Å². The van der Waals surface area contributed by atoms with Crippen LogP contribution in [0.15, 0.2) is 60.7 Å². The first-order valence-corrected chi connectivity index (χ1v) is 8.82. The predicted molar refractivity (Wildman–Crippen MR) is 97.9 cm³/mol. The van der Waals surface area contributed by atoms with E-state index >= 15 is 0 Å². The minimum absolute atomic E-state index is 0.0132. The summed E-state index contributed by atoms with van der Waals surface area (Å²) < 4.78 is 5.51. The van der Waals surface area contributed by atoms with Gasteiger partial charge in [0, 0.05) is 19.0 Å². The highest BCUT2D eigenvalue weighted by Gasteiger charge is 2.40. The second-order valence-electron chi connectivity index (χ2n) is 6.55. The van der Waals surface area contributed by atoms with Gasteiger partial charge in [-0.05, 0) is 17.5 Å². The van der Waals surface area contributed by atoms with E-state index in [-0.39, 0.29) is 25.0 Å². The van der Waals surface area contributed by atoms with Crippen LogP contribution in [0.25, 0.3) is 0 Å². The molecule has 1 saturated heterocycles. The number of carbonyl (C=O) groups is 2. The molecule has 1 amide bonds. The van der Waals surface area contributed by atoms with Gasteiger partial charge in [-0.3, -0.25) is 9.59 Å². The molecule has 2 atom stereocenters. The van der Waals surface area contributed by atoms with E-state index < -0.39 is 11.9 Å². The topological polar surface area (TPSA) is 66.8 Å². The van der Waals surface area contributed by atoms with Crippen molar-refractivity contribution in [1.29, 1.82) is 0 Å². The van der Waals surface area contributed by atoms with E-state index in [4.69, 9.17) is 4.74 Å². The largest absolute Gasteiger partial charge is 0.481 e. The summed E-state index contributed by atoms with van der Waals surface area (Å²) in [5, 5.41) is 9.52. The zero-order chi connectivity index (χ0) is 18.4. The summed E-state index contributed by atoms with van der Waals surface area (Å²) in [7, 11) is 0. The number of rotatable bonds is 7. The maximum absolute atomic E-state index is 12.4. The summed E-state index contributed by atoms with van der Waals surface area (Å²) >= 11 is 0. The van der Waals surface area contributed by atoms with Crippen molar-refractivity contribution in [2.24, 2.45) is 5.92 Å². The van der Waals surface area contributed by atoms with Crippen LogP contribution in [0.2, 0.25) is 0 Å². The number of carboxylic acid groups (broad SMARTS) is 1. The van der Waals surface area contributed by atoms with Gasteiger partial charge in [0.1, 0.15) is 6.61 Å². The quantitative estimate of drug-likeness (QED) is 0.777. The van der Waals surface area contributed by atoms with E-state index in [0.717, 1.165) is 17.5 Å². The molecule has 1 aliphatic heterocycles. The number of carboxylic acids is 1. The fourth-order valence-corrected chi connectivity index (χ4v) is 3.38. The molecule has 0 spiro atoms. The molecule has 1 N–H and O–H groups in total. The molecule has 0 radical (unpaired) electrons. The minimum atomic E-state index is -0.862. The molecule has 1 aliphatic rings. The molecule has 1 heterocycles. The van der Waals surface area contributed by atoms with Crippen LogP contribution < -0.4 is 0 Å². The lowest BCUT2D eigenvalue weighted by Crippen LogP contribution is -2.33. The number of hydrogen-bond donors (Lipinski definition) is 1.